The van der Waals surface area contributed by atoms with Gasteiger partial charge in [0.1, 0.15) is 17.8 Å². The molecule has 0 aromatic heterocycles. The van der Waals surface area contributed by atoms with Gasteiger partial charge in [0.2, 0.25) is 0 Å². The molecule has 1 heterocycles. The highest BCUT2D eigenvalue weighted by molar-refractivity contribution is 5.66. The van der Waals surface area contributed by atoms with E-state index < -0.39 is 29.5 Å². The van der Waals surface area contributed by atoms with E-state index in [1.807, 2.05) is 6.92 Å². The van der Waals surface area contributed by atoms with E-state index in [0.717, 1.165) is 19.3 Å². The van der Waals surface area contributed by atoms with Crippen molar-refractivity contribution in [2.45, 2.75) is 96.7 Å². The first-order chi connectivity index (χ1) is 12.3. The van der Waals surface area contributed by atoms with Crippen LogP contribution in [0, 0.1) is 22.7 Å². The van der Waals surface area contributed by atoms with Gasteiger partial charge in [0.25, 0.3) is 0 Å². The van der Waals surface area contributed by atoms with Crippen LogP contribution in [0.15, 0.2) is 12.7 Å². The fraction of sp³-hybridized carbons (Fsp3) is 0.864. The van der Waals surface area contributed by atoms with Crippen LogP contribution in [-0.2, 0) is 14.3 Å². The first kappa shape index (κ1) is 20.8. The second-order valence-corrected chi connectivity index (χ2v) is 10.4. The second-order valence-electron chi connectivity index (χ2n) is 10.4. The van der Waals surface area contributed by atoms with Crippen molar-refractivity contribution in [3.8, 4) is 0 Å². The largest absolute Gasteiger partial charge is 0.459 e. The Morgan fingerprint density at radius 2 is 1.93 bits per heavy atom. The van der Waals surface area contributed by atoms with Gasteiger partial charge in [-0.25, -0.2) is 0 Å². The zero-order valence-corrected chi connectivity index (χ0v) is 17.6. The molecule has 3 rings (SSSR count). The summed E-state index contributed by atoms with van der Waals surface area (Å²) in [5, 5.41) is 22.1. The number of aliphatic hydroxyl groups is 2. The minimum Gasteiger partial charge on any atom is -0.459 e. The number of ether oxygens (including phenoxy) is 2. The minimum atomic E-state index is -1.17. The van der Waals surface area contributed by atoms with Gasteiger partial charge in [-0.1, -0.05) is 33.3 Å². The van der Waals surface area contributed by atoms with Crippen molar-refractivity contribution < 1.29 is 24.5 Å². The van der Waals surface area contributed by atoms with Gasteiger partial charge in [0.05, 0.1) is 11.7 Å². The fourth-order valence-corrected chi connectivity index (χ4v) is 6.75. The molecule has 0 aromatic carbocycles. The normalized spacial score (nSPS) is 48.1. The highest BCUT2D eigenvalue weighted by atomic mass is 16.6. The van der Waals surface area contributed by atoms with Crippen molar-refractivity contribution in [2.75, 3.05) is 0 Å². The maximum atomic E-state index is 11.9. The zero-order valence-electron chi connectivity index (χ0n) is 17.6. The molecule has 5 heteroatoms. The Hall–Kier alpha value is -0.910. The van der Waals surface area contributed by atoms with Crippen LogP contribution in [0.2, 0.25) is 0 Å². The van der Waals surface area contributed by atoms with E-state index >= 15 is 0 Å². The van der Waals surface area contributed by atoms with E-state index in [0.29, 0.717) is 6.42 Å². The quantitative estimate of drug-likeness (QED) is 0.581. The van der Waals surface area contributed by atoms with E-state index in [2.05, 4.69) is 27.4 Å². The maximum Gasteiger partial charge on any atom is 0.303 e. The molecule has 0 radical (unpaired) electrons. The second kappa shape index (κ2) is 6.30. The molecule has 2 saturated carbocycles. The molecule has 5 nitrogen and oxygen atoms in total. The Bertz CT molecular complexity index is 626. The van der Waals surface area contributed by atoms with Crippen molar-refractivity contribution in [3.63, 3.8) is 0 Å². The lowest BCUT2D eigenvalue weighted by Crippen LogP contribution is -2.69. The highest BCUT2D eigenvalue weighted by Gasteiger charge is 2.70. The summed E-state index contributed by atoms with van der Waals surface area (Å²) in [5.74, 6) is -0.281. The van der Waals surface area contributed by atoms with Crippen LogP contribution in [0.1, 0.15) is 67.2 Å². The van der Waals surface area contributed by atoms with Crippen molar-refractivity contribution >= 4 is 5.97 Å². The van der Waals surface area contributed by atoms with Gasteiger partial charge >= 0.3 is 5.97 Å². The van der Waals surface area contributed by atoms with Crippen LogP contribution in [-0.4, -0.2) is 45.7 Å². The first-order valence-corrected chi connectivity index (χ1v) is 10.2. The average molecular weight is 381 g/mol. The molecule has 2 N–H and O–H groups in total. The smallest absolute Gasteiger partial charge is 0.303 e. The Balaban J connectivity index is 2.10. The summed E-state index contributed by atoms with van der Waals surface area (Å²) in [5.41, 5.74) is -2.26. The van der Waals surface area contributed by atoms with Crippen molar-refractivity contribution in [1.82, 2.24) is 0 Å². The van der Waals surface area contributed by atoms with Crippen LogP contribution in [0.5, 0.6) is 0 Å². The Morgan fingerprint density at radius 3 is 2.48 bits per heavy atom. The van der Waals surface area contributed by atoms with E-state index in [4.69, 9.17) is 9.47 Å². The van der Waals surface area contributed by atoms with E-state index in [9.17, 15) is 15.0 Å². The van der Waals surface area contributed by atoms with E-state index in [1.54, 1.807) is 6.92 Å². The van der Waals surface area contributed by atoms with Gasteiger partial charge in [-0.2, -0.15) is 0 Å². The molecule has 1 saturated heterocycles. The molecule has 0 bridgehead atoms. The summed E-state index contributed by atoms with van der Waals surface area (Å²) >= 11 is 0. The number of esters is 1. The van der Waals surface area contributed by atoms with Gasteiger partial charge in [0.15, 0.2) is 0 Å². The maximum absolute atomic E-state index is 11.9. The number of carbonyl (C=O) groups is 1. The van der Waals surface area contributed by atoms with Crippen molar-refractivity contribution in [2.24, 2.45) is 22.7 Å². The Morgan fingerprint density at radius 1 is 1.30 bits per heavy atom. The predicted octanol–water partition coefficient (Wildman–Crippen LogP) is 3.23. The first-order valence-electron chi connectivity index (χ1n) is 10.2. The fourth-order valence-electron chi connectivity index (χ4n) is 6.75. The van der Waals surface area contributed by atoms with Crippen LogP contribution in [0.3, 0.4) is 0 Å². The Labute approximate surface area is 163 Å². The third-order valence-corrected chi connectivity index (χ3v) is 8.02. The van der Waals surface area contributed by atoms with Crippen molar-refractivity contribution in [3.05, 3.63) is 12.7 Å². The average Bonchev–Trinajstić information content (AvgIpc) is 2.92. The summed E-state index contributed by atoms with van der Waals surface area (Å²) in [6.45, 7) is 15.5. The highest BCUT2D eigenvalue weighted by Crippen LogP contribution is 2.66. The van der Waals surface area contributed by atoms with Gasteiger partial charge in [0, 0.05) is 12.8 Å². The third kappa shape index (κ3) is 2.97. The number of carbonyl (C=O) groups excluding carboxylic acids is 1. The number of aliphatic hydroxyl groups excluding tert-OH is 1. The molecule has 1 aliphatic heterocycles. The van der Waals surface area contributed by atoms with Gasteiger partial charge < -0.3 is 19.7 Å². The number of rotatable bonds is 3. The third-order valence-electron chi connectivity index (χ3n) is 8.02. The molecule has 154 valence electrons. The molecular weight excluding hydrogens is 344 g/mol. The predicted molar refractivity (Wildman–Crippen MR) is 103 cm³/mol. The molecule has 0 spiro atoms. The number of fused-ring (bicyclic) bond motifs is 3. The molecule has 0 unspecified atom stereocenters. The standard InChI is InChI=1S/C22H36O5/c1-8-21(6,25)15-12-14-20(5)11-9-10-19(3,4)17(20)16(26-13(2)23)18(24)22(14,7)27-15/h8,14-18,24-25H,1,9-12H2,2-7H3/t14-,15+,16+,17+,18+,20+,21+,22-/m0/s1. The monoisotopic (exact) mass is 380 g/mol. The molecule has 3 fully saturated rings. The lowest BCUT2D eigenvalue weighted by molar-refractivity contribution is -0.267. The van der Waals surface area contributed by atoms with Crippen LogP contribution >= 0.6 is 0 Å². The molecular formula is C22H36O5. The molecule has 0 amide bonds. The zero-order chi connectivity index (χ0) is 20.4. The van der Waals surface area contributed by atoms with Crippen molar-refractivity contribution in [1.29, 1.82) is 0 Å². The Kier molecular flexibility index (Phi) is 4.85. The summed E-state index contributed by atoms with van der Waals surface area (Å²) in [6.07, 6.45) is 3.30. The van der Waals surface area contributed by atoms with E-state index in [-0.39, 0.29) is 28.6 Å². The van der Waals surface area contributed by atoms with Crippen LogP contribution < -0.4 is 0 Å². The summed E-state index contributed by atoms with van der Waals surface area (Å²) in [7, 11) is 0. The topological polar surface area (TPSA) is 76.0 Å². The molecule has 8 atom stereocenters. The van der Waals surface area contributed by atoms with Crippen LogP contribution in [0.4, 0.5) is 0 Å². The summed E-state index contributed by atoms with van der Waals surface area (Å²) in [4.78, 5) is 11.9. The number of hydrogen-bond donors (Lipinski definition) is 2. The van der Waals surface area contributed by atoms with Gasteiger partial charge in [-0.15, -0.1) is 6.58 Å². The lowest BCUT2D eigenvalue weighted by Gasteiger charge is -2.63. The molecule has 27 heavy (non-hydrogen) atoms. The van der Waals surface area contributed by atoms with Gasteiger partial charge in [-0.3, -0.25) is 4.79 Å². The SMILES string of the molecule is C=C[C@@](C)(O)[C@H]1C[C@H]2[C@@]3(C)CCCC(C)(C)[C@H]3[C@@H](OC(C)=O)[C@@H](O)[C@@]2(C)O1. The summed E-state index contributed by atoms with van der Waals surface area (Å²) in [6, 6.07) is 0. The lowest BCUT2D eigenvalue weighted by atomic mass is 9.44. The summed E-state index contributed by atoms with van der Waals surface area (Å²) < 4.78 is 12.1. The minimum absolute atomic E-state index is 0.0340. The number of hydrogen-bond acceptors (Lipinski definition) is 5. The molecule has 0 aromatic rings. The van der Waals surface area contributed by atoms with Crippen LogP contribution in [0.25, 0.3) is 0 Å². The molecule has 2 aliphatic carbocycles. The molecule has 3 aliphatic rings. The van der Waals surface area contributed by atoms with E-state index in [1.165, 1.54) is 13.0 Å². The van der Waals surface area contributed by atoms with Gasteiger partial charge in [-0.05, 0) is 49.9 Å².